The molecule has 7 heteroatoms. The highest BCUT2D eigenvalue weighted by molar-refractivity contribution is 7.98. The molecule has 2 nitrogen and oxygen atoms in total. The van der Waals surface area contributed by atoms with Gasteiger partial charge in [0.2, 0.25) is 0 Å². The number of aromatic nitrogens is 1. The number of rotatable bonds is 5. The van der Waals surface area contributed by atoms with Gasteiger partial charge in [-0.3, -0.25) is 0 Å². The molecule has 0 aliphatic heterocycles. The Hall–Kier alpha value is -1.21. The van der Waals surface area contributed by atoms with E-state index in [0.717, 1.165) is 35.7 Å². The molecule has 2 N–H and O–H groups in total. The lowest BCUT2D eigenvalue weighted by Gasteiger charge is -2.10. The smallest absolute Gasteiger partial charge is 0.398 e. The summed E-state index contributed by atoms with van der Waals surface area (Å²) in [6, 6.07) is 3.45. The van der Waals surface area contributed by atoms with Gasteiger partial charge in [-0.2, -0.15) is 13.2 Å². The van der Waals surface area contributed by atoms with Gasteiger partial charge in [-0.05, 0) is 31.0 Å². The number of nitrogens with zero attached hydrogens (tertiary/aromatic N) is 1. The van der Waals surface area contributed by atoms with E-state index >= 15 is 0 Å². The maximum absolute atomic E-state index is 12.6. The van der Waals surface area contributed by atoms with Crippen molar-refractivity contribution < 1.29 is 13.2 Å². The molecule has 0 aliphatic carbocycles. The molecule has 0 saturated heterocycles. The summed E-state index contributed by atoms with van der Waals surface area (Å²) in [4.78, 5) is 5.12. The number of aryl methyl sites for hydroxylation is 1. The number of nitrogen functional groups attached to an aromatic ring is 1. The Labute approximate surface area is 129 Å². The first-order valence-corrected chi connectivity index (χ1v) is 8.29. The number of hydrogen-bond acceptors (Lipinski definition) is 4. The molecule has 0 fully saturated rings. The molecule has 0 bridgehead atoms. The Balaban J connectivity index is 2.02. The van der Waals surface area contributed by atoms with Crippen LogP contribution in [-0.4, -0.2) is 4.98 Å². The molecule has 21 heavy (non-hydrogen) atoms. The second-order valence-corrected chi connectivity index (χ2v) is 6.48. The average Bonchev–Trinajstić information content (AvgIpc) is 2.84. The topological polar surface area (TPSA) is 38.9 Å². The lowest BCUT2D eigenvalue weighted by Crippen LogP contribution is -2.05. The Morgan fingerprint density at radius 1 is 1.33 bits per heavy atom. The minimum absolute atomic E-state index is 0.152. The Bertz CT molecular complexity index is 609. The molecule has 1 aromatic heterocycles. The van der Waals surface area contributed by atoms with Crippen LogP contribution in [0.4, 0.5) is 18.9 Å². The second kappa shape index (κ2) is 6.70. The van der Waals surface area contributed by atoms with Crippen molar-refractivity contribution in [3.63, 3.8) is 0 Å². The third-order valence-electron chi connectivity index (χ3n) is 2.78. The zero-order chi connectivity index (χ0) is 15.5. The van der Waals surface area contributed by atoms with Crippen molar-refractivity contribution in [1.29, 1.82) is 0 Å². The quantitative estimate of drug-likeness (QED) is 0.619. The van der Waals surface area contributed by atoms with Gasteiger partial charge in [-0.1, -0.05) is 6.92 Å². The Kier molecular flexibility index (Phi) is 5.16. The Morgan fingerprint density at radius 3 is 2.71 bits per heavy atom. The summed E-state index contributed by atoms with van der Waals surface area (Å²) in [7, 11) is 0. The average molecular weight is 332 g/mol. The van der Waals surface area contributed by atoms with Crippen LogP contribution in [0.2, 0.25) is 0 Å². The van der Waals surface area contributed by atoms with Crippen molar-refractivity contribution in [3.8, 4) is 0 Å². The summed E-state index contributed by atoms with van der Waals surface area (Å²) in [5, 5.41) is 3.08. The zero-order valence-electron chi connectivity index (χ0n) is 11.4. The van der Waals surface area contributed by atoms with E-state index in [2.05, 4.69) is 11.9 Å². The van der Waals surface area contributed by atoms with Crippen LogP contribution < -0.4 is 5.73 Å². The van der Waals surface area contributed by atoms with E-state index in [1.54, 1.807) is 11.3 Å². The molecule has 0 saturated carbocycles. The number of nitrogens with two attached hydrogens (primary N) is 1. The normalized spacial score (nSPS) is 11.8. The monoisotopic (exact) mass is 332 g/mol. The number of alkyl halides is 3. The van der Waals surface area contributed by atoms with E-state index in [4.69, 9.17) is 5.73 Å². The van der Waals surface area contributed by atoms with Crippen molar-refractivity contribution in [1.82, 2.24) is 4.98 Å². The molecular formula is C14H15F3N2S2. The number of benzene rings is 1. The van der Waals surface area contributed by atoms with Gasteiger partial charge in [-0.25, -0.2) is 4.98 Å². The highest BCUT2D eigenvalue weighted by atomic mass is 32.2. The highest BCUT2D eigenvalue weighted by Crippen LogP contribution is 2.35. The molecule has 0 unspecified atom stereocenters. The molecule has 0 atom stereocenters. The molecule has 0 aliphatic rings. The predicted octanol–water partition coefficient (Wildman–Crippen LogP) is 4.99. The summed E-state index contributed by atoms with van der Waals surface area (Å²) < 4.78 is 37.7. The number of halogens is 3. The predicted molar refractivity (Wildman–Crippen MR) is 81.5 cm³/mol. The van der Waals surface area contributed by atoms with Gasteiger partial charge in [0, 0.05) is 21.7 Å². The number of anilines is 1. The molecule has 1 aromatic carbocycles. The van der Waals surface area contributed by atoms with Crippen LogP contribution in [0.1, 0.15) is 29.6 Å². The first kappa shape index (κ1) is 16.2. The lowest BCUT2D eigenvalue weighted by molar-refractivity contribution is -0.137. The fourth-order valence-electron chi connectivity index (χ4n) is 1.75. The van der Waals surface area contributed by atoms with Crippen LogP contribution in [0, 0.1) is 0 Å². The van der Waals surface area contributed by atoms with Gasteiger partial charge in [-0.15, -0.1) is 23.1 Å². The highest BCUT2D eigenvalue weighted by Gasteiger charge is 2.30. The fraction of sp³-hybridized carbons (Fsp3) is 0.357. The summed E-state index contributed by atoms with van der Waals surface area (Å²) >= 11 is 3.02. The van der Waals surface area contributed by atoms with Gasteiger partial charge in [0.05, 0.1) is 16.3 Å². The molecule has 0 radical (unpaired) electrons. The fourth-order valence-corrected chi connectivity index (χ4v) is 3.60. The van der Waals surface area contributed by atoms with Crippen LogP contribution in [0.15, 0.2) is 28.5 Å². The van der Waals surface area contributed by atoms with E-state index in [0.29, 0.717) is 10.6 Å². The van der Waals surface area contributed by atoms with Gasteiger partial charge in [0.25, 0.3) is 0 Å². The lowest BCUT2D eigenvalue weighted by atomic mass is 10.2. The van der Waals surface area contributed by atoms with Crippen LogP contribution in [0.3, 0.4) is 0 Å². The summed E-state index contributed by atoms with van der Waals surface area (Å²) in [5.41, 5.74) is 6.07. The van der Waals surface area contributed by atoms with Crippen molar-refractivity contribution in [2.24, 2.45) is 0 Å². The van der Waals surface area contributed by atoms with Gasteiger partial charge in [0.15, 0.2) is 0 Å². The van der Waals surface area contributed by atoms with Gasteiger partial charge < -0.3 is 5.73 Å². The molecule has 2 rings (SSSR count). The molecule has 0 amide bonds. The first-order chi connectivity index (χ1) is 9.90. The van der Waals surface area contributed by atoms with Gasteiger partial charge in [0.1, 0.15) is 0 Å². The number of thioether (sulfide) groups is 1. The first-order valence-electron chi connectivity index (χ1n) is 6.43. The van der Waals surface area contributed by atoms with E-state index in [1.807, 2.05) is 5.38 Å². The molecule has 2 aromatic rings. The van der Waals surface area contributed by atoms with E-state index in [9.17, 15) is 13.2 Å². The van der Waals surface area contributed by atoms with Crippen molar-refractivity contribution in [2.45, 2.75) is 36.6 Å². The maximum Gasteiger partial charge on any atom is 0.416 e. The molecule has 114 valence electrons. The number of hydrogen-bond donors (Lipinski definition) is 1. The second-order valence-electron chi connectivity index (χ2n) is 4.52. The summed E-state index contributed by atoms with van der Waals surface area (Å²) in [6.07, 6.45) is -2.36. The molecule has 1 heterocycles. The van der Waals surface area contributed by atoms with Crippen LogP contribution >= 0.6 is 23.1 Å². The van der Waals surface area contributed by atoms with E-state index in [1.165, 1.54) is 17.8 Å². The van der Waals surface area contributed by atoms with Crippen LogP contribution in [0.5, 0.6) is 0 Å². The van der Waals surface area contributed by atoms with E-state index < -0.39 is 11.7 Å². The summed E-state index contributed by atoms with van der Waals surface area (Å²) in [5.74, 6) is 0.607. The summed E-state index contributed by atoms with van der Waals surface area (Å²) in [6.45, 7) is 2.10. The maximum atomic E-state index is 12.6. The molecular weight excluding hydrogens is 317 g/mol. The van der Waals surface area contributed by atoms with Crippen molar-refractivity contribution in [3.05, 3.63) is 39.8 Å². The third kappa shape index (κ3) is 4.38. The van der Waals surface area contributed by atoms with Crippen molar-refractivity contribution >= 4 is 28.8 Å². The standard InChI is InChI=1S/C14H15F3N2S2/c1-2-3-13-19-10(8-21-13)7-20-12-5-4-9(6-11(12)18)14(15,16)17/h4-6,8H,2-3,7,18H2,1H3. The van der Waals surface area contributed by atoms with E-state index in [-0.39, 0.29) is 5.69 Å². The van der Waals surface area contributed by atoms with Crippen LogP contribution in [-0.2, 0) is 18.3 Å². The zero-order valence-corrected chi connectivity index (χ0v) is 13.0. The third-order valence-corrected chi connectivity index (χ3v) is 4.86. The minimum atomic E-state index is -4.36. The minimum Gasteiger partial charge on any atom is -0.398 e. The Morgan fingerprint density at radius 2 is 2.10 bits per heavy atom. The number of thiazole rings is 1. The molecule has 0 spiro atoms. The largest absolute Gasteiger partial charge is 0.416 e. The van der Waals surface area contributed by atoms with Gasteiger partial charge >= 0.3 is 6.18 Å². The van der Waals surface area contributed by atoms with Crippen LogP contribution in [0.25, 0.3) is 0 Å². The SMILES string of the molecule is CCCc1nc(CSc2ccc(C(F)(F)F)cc2N)cs1. The van der Waals surface area contributed by atoms with Crippen molar-refractivity contribution in [2.75, 3.05) is 5.73 Å².